The van der Waals surface area contributed by atoms with Crippen LogP contribution in [0.3, 0.4) is 0 Å². The summed E-state index contributed by atoms with van der Waals surface area (Å²) in [5.74, 6) is -0.524. The molecule has 2 fully saturated rings. The lowest BCUT2D eigenvalue weighted by molar-refractivity contribution is -0.124. The Morgan fingerprint density at radius 3 is 2.77 bits per heavy atom. The lowest BCUT2D eigenvalue weighted by atomic mass is 9.94. The minimum absolute atomic E-state index is 0.156. The first-order valence-corrected chi connectivity index (χ1v) is 8.57. The molecule has 2 aliphatic rings. The highest BCUT2D eigenvalue weighted by Crippen LogP contribution is 2.27. The highest BCUT2D eigenvalue weighted by molar-refractivity contribution is 9.10. The standard InChI is InChI=1S/C16H16BrFN2OS/c17-11-6-7-13(18)10(8-11)9-14-15(21)20(16(22)19-14)12-4-2-1-3-5-12/h6-9,12H,1-5H2,(H,19,22)/b14-9+. The van der Waals surface area contributed by atoms with E-state index in [-0.39, 0.29) is 17.8 Å². The van der Waals surface area contributed by atoms with Crippen LogP contribution < -0.4 is 5.32 Å². The van der Waals surface area contributed by atoms with Crippen molar-refractivity contribution in [3.8, 4) is 0 Å². The van der Waals surface area contributed by atoms with E-state index in [2.05, 4.69) is 21.2 Å². The molecule has 0 atom stereocenters. The topological polar surface area (TPSA) is 32.3 Å². The van der Waals surface area contributed by atoms with Crippen molar-refractivity contribution in [2.24, 2.45) is 0 Å². The number of halogens is 2. The van der Waals surface area contributed by atoms with Gasteiger partial charge >= 0.3 is 0 Å². The Bertz CT molecular complexity index is 656. The van der Waals surface area contributed by atoms with Gasteiger partial charge in [0.15, 0.2) is 5.11 Å². The summed E-state index contributed by atoms with van der Waals surface area (Å²) >= 11 is 8.61. The molecular weight excluding hydrogens is 367 g/mol. The first-order valence-electron chi connectivity index (χ1n) is 7.37. The number of benzene rings is 1. The van der Waals surface area contributed by atoms with Crippen LogP contribution in [0.1, 0.15) is 37.7 Å². The zero-order chi connectivity index (χ0) is 15.7. The number of carbonyl (C=O) groups excluding carboxylic acids is 1. The molecule has 3 rings (SSSR count). The maximum Gasteiger partial charge on any atom is 0.276 e. The van der Waals surface area contributed by atoms with Gasteiger partial charge in [0, 0.05) is 16.1 Å². The molecule has 1 amide bonds. The van der Waals surface area contributed by atoms with Crippen molar-refractivity contribution in [3.05, 3.63) is 39.7 Å². The molecule has 1 N–H and O–H groups in total. The van der Waals surface area contributed by atoms with E-state index < -0.39 is 0 Å². The van der Waals surface area contributed by atoms with Gasteiger partial charge in [-0.05, 0) is 49.3 Å². The van der Waals surface area contributed by atoms with Gasteiger partial charge in [-0.1, -0.05) is 35.2 Å². The monoisotopic (exact) mass is 382 g/mol. The fourth-order valence-electron chi connectivity index (χ4n) is 3.00. The molecule has 22 heavy (non-hydrogen) atoms. The molecule has 0 spiro atoms. The van der Waals surface area contributed by atoms with Crippen molar-refractivity contribution < 1.29 is 9.18 Å². The fourth-order valence-corrected chi connectivity index (χ4v) is 3.72. The SMILES string of the molecule is O=C1/C(=C\c2cc(Br)ccc2F)NC(=S)N1C1CCCCC1. The molecule has 0 bridgehead atoms. The van der Waals surface area contributed by atoms with Crippen LogP contribution in [0.15, 0.2) is 28.4 Å². The van der Waals surface area contributed by atoms with Crippen LogP contribution in [0.5, 0.6) is 0 Å². The molecule has 0 aromatic heterocycles. The first kappa shape index (κ1) is 15.6. The minimum Gasteiger partial charge on any atom is -0.328 e. The highest BCUT2D eigenvalue weighted by atomic mass is 79.9. The van der Waals surface area contributed by atoms with E-state index in [4.69, 9.17) is 12.2 Å². The van der Waals surface area contributed by atoms with Crippen LogP contribution in [0, 0.1) is 5.82 Å². The Labute approximate surface area is 142 Å². The number of nitrogens with zero attached hydrogens (tertiary/aromatic N) is 1. The normalized spacial score (nSPS) is 21.5. The summed E-state index contributed by atoms with van der Waals surface area (Å²) in [6.07, 6.45) is 6.94. The maximum atomic E-state index is 13.8. The summed E-state index contributed by atoms with van der Waals surface area (Å²) in [5, 5.41) is 3.36. The van der Waals surface area contributed by atoms with Crippen LogP contribution in [0.25, 0.3) is 6.08 Å². The van der Waals surface area contributed by atoms with Gasteiger partial charge in [-0.3, -0.25) is 9.69 Å². The molecule has 1 aromatic rings. The second-order valence-electron chi connectivity index (χ2n) is 5.62. The van der Waals surface area contributed by atoms with Gasteiger partial charge in [0.1, 0.15) is 11.5 Å². The van der Waals surface area contributed by atoms with Gasteiger partial charge in [0.05, 0.1) is 0 Å². The molecule has 1 heterocycles. The molecule has 6 heteroatoms. The Balaban J connectivity index is 1.86. The largest absolute Gasteiger partial charge is 0.328 e. The van der Waals surface area contributed by atoms with E-state index in [0.29, 0.717) is 16.4 Å². The summed E-state index contributed by atoms with van der Waals surface area (Å²) in [7, 11) is 0. The minimum atomic E-state index is -0.368. The summed E-state index contributed by atoms with van der Waals surface area (Å²) < 4.78 is 14.6. The second-order valence-corrected chi connectivity index (χ2v) is 6.92. The van der Waals surface area contributed by atoms with Crippen molar-refractivity contribution in [2.75, 3.05) is 0 Å². The molecule has 0 radical (unpaired) electrons. The third-order valence-electron chi connectivity index (χ3n) is 4.11. The molecule has 1 saturated heterocycles. The molecule has 1 aliphatic heterocycles. The molecule has 1 saturated carbocycles. The van der Waals surface area contributed by atoms with Gasteiger partial charge in [0.25, 0.3) is 5.91 Å². The molecular formula is C16H16BrFN2OS. The molecule has 1 aromatic carbocycles. The van der Waals surface area contributed by atoms with Gasteiger partial charge < -0.3 is 5.32 Å². The van der Waals surface area contributed by atoms with Crippen molar-refractivity contribution in [3.63, 3.8) is 0 Å². The van der Waals surface area contributed by atoms with Gasteiger partial charge in [-0.25, -0.2) is 4.39 Å². The average molecular weight is 383 g/mol. The molecule has 116 valence electrons. The summed E-state index contributed by atoms with van der Waals surface area (Å²) in [4.78, 5) is 14.3. The Hall–Kier alpha value is -1.27. The number of hydrogen-bond acceptors (Lipinski definition) is 2. The zero-order valence-corrected chi connectivity index (χ0v) is 14.3. The van der Waals surface area contributed by atoms with Gasteiger partial charge in [-0.15, -0.1) is 0 Å². The predicted molar refractivity (Wildman–Crippen MR) is 91.5 cm³/mol. The van der Waals surface area contributed by atoms with Crippen molar-refractivity contribution in [1.82, 2.24) is 10.2 Å². The molecule has 3 nitrogen and oxygen atoms in total. The van der Waals surface area contributed by atoms with Crippen LogP contribution in [-0.2, 0) is 4.79 Å². The third-order valence-corrected chi connectivity index (χ3v) is 4.90. The van der Waals surface area contributed by atoms with Crippen LogP contribution >= 0.6 is 28.1 Å². The summed E-state index contributed by atoms with van der Waals surface area (Å²) in [5.41, 5.74) is 0.700. The lowest BCUT2D eigenvalue weighted by Gasteiger charge is -2.29. The summed E-state index contributed by atoms with van der Waals surface area (Å²) in [6.45, 7) is 0. The smallest absolute Gasteiger partial charge is 0.276 e. The van der Waals surface area contributed by atoms with E-state index in [9.17, 15) is 9.18 Å². The lowest BCUT2D eigenvalue weighted by Crippen LogP contribution is -2.41. The van der Waals surface area contributed by atoms with E-state index in [1.54, 1.807) is 17.0 Å². The van der Waals surface area contributed by atoms with Gasteiger partial charge in [-0.2, -0.15) is 0 Å². The Morgan fingerprint density at radius 2 is 2.05 bits per heavy atom. The number of hydrogen-bond donors (Lipinski definition) is 1. The average Bonchev–Trinajstić information content (AvgIpc) is 2.78. The third kappa shape index (κ3) is 3.08. The fraction of sp³-hybridized carbons (Fsp3) is 0.375. The van der Waals surface area contributed by atoms with E-state index >= 15 is 0 Å². The molecule has 1 aliphatic carbocycles. The Morgan fingerprint density at radius 1 is 1.32 bits per heavy atom. The quantitative estimate of drug-likeness (QED) is 0.620. The van der Waals surface area contributed by atoms with Crippen molar-refractivity contribution >= 4 is 45.2 Å². The van der Waals surface area contributed by atoms with E-state index in [1.165, 1.54) is 18.6 Å². The number of carbonyl (C=O) groups is 1. The highest BCUT2D eigenvalue weighted by Gasteiger charge is 2.36. The van der Waals surface area contributed by atoms with Crippen LogP contribution in [0.4, 0.5) is 4.39 Å². The van der Waals surface area contributed by atoms with Gasteiger partial charge in [0.2, 0.25) is 0 Å². The van der Waals surface area contributed by atoms with Crippen LogP contribution in [0.2, 0.25) is 0 Å². The first-order chi connectivity index (χ1) is 10.6. The zero-order valence-electron chi connectivity index (χ0n) is 11.9. The molecule has 0 unspecified atom stereocenters. The van der Waals surface area contributed by atoms with Crippen molar-refractivity contribution in [2.45, 2.75) is 38.1 Å². The maximum absolute atomic E-state index is 13.8. The number of nitrogens with one attached hydrogen (secondary N) is 1. The number of rotatable bonds is 2. The van der Waals surface area contributed by atoms with Crippen molar-refractivity contribution in [1.29, 1.82) is 0 Å². The summed E-state index contributed by atoms with van der Waals surface area (Å²) in [6, 6.07) is 4.80. The van der Waals surface area contributed by atoms with E-state index in [0.717, 1.165) is 30.2 Å². The van der Waals surface area contributed by atoms with Crippen LogP contribution in [-0.4, -0.2) is 22.0 Å². The predicted octanol–water partition coefficient (Wildman–Crippen LogP) is 3.98. The second kappa shape index (κ2) is 6.46. The number of thiocarbonyl (C=S) groups is 1. The Kier molecular flexibility index (Phi) is 4.59. The number of amides is 1. The van der Waals surface area contributed by atoms with E-state index in [1.807, 2.05) is 0 Å².